The molecule has 0 saturated carbocycles. The van der Waals surface area contributed by atoms with Gasteiger partial charge in [-0.2, -0.15) is 0 Å². The molecule has 0 aliphatic carbocycles. The molecule has 0 unspecified atom stereocenters. The lowest BCUT2D eigenvalue weighted by Gasteiger charge is -2.05. The van der Waals surface area contributed by atoms with Gasteiger partial charge in [0.05, 0.1) is 13.2 Å². The molecule has 0 aromatic heterocycles. The number of phosphoric acid groups is 1. The second-order valence-electron chi connectivity index (χ2n) is 5.54. The highest BCUT2D eigenvalue weighted by Crippen LogP contribution is 2.35. The summed E-state index contributed by atoms with van der Waals surface area (Å²) in [6.07, 6.45) is 15.1. The molecule has 0 aliphatic rings. The standard InChI is InChI=1S/C15H30NO5P/c17-15-16-13-11-9-7-5-3-1-2-4-6-8-10-12-14-21-22(18,19)20/h1-14H2,(H2,18,19,20). The Bertz CT molecular complexity index is 339. The Hall–Kier alpha value is -0.510. The van der Waals surface area contributed by atoms with Gasteiger partial charge in [-0.25, -0.2) is 14.4 Å². The summed E-state index contributed by atoms with van der Waals surface area (Å²) in [5.74, 6) is 0. The Morgan fingerprint density at radius 2 is 1.18 bits per heavy atom. The fourth-order valence-corrected chi connectivity index (χ4v) is 2.66. The summed E-state index contributed by atoms with van der Waals surface area (Å²) in [6.45, 7) is 0.755. The molecule has 0 atom stereocenters. The van der Waals surface area contributed by atoms with E-state index in [1.54, 1.807) is 6.08 Å². The van der Waals surface area contributed by atoms with E-state index < -0.39 is 7.82 Å². The van der Waals surface area contributed by atoms with Crippen LogP contribution in [-0.4, -0.2) is 29.0 Å². The van der Waals surface area contributed by atoms with Crippen molar-refractivity contribution >= 4 is 13.9 Å². The molecule has 0 rings (SSSR count). The number of unbranched alkanes of at least 4 members (excludes halogenated alkanes) is 11. The maximum Gasteiger partial charge on any atom is 0.469 e. The smallest absolute Gasteiger partial charge is 0.303 e. The van der Waals surface area contributed by atoms with Crippen molar-refractivity contribution in [3.05, 3.63) is 0 Å². The number of carbonyl (C=O) groups excluding carboxylic acids is 1. The number of hydrogen-bond acceptors (Lipinski definition) is 4. The van der Waals surface area contributed by atoms with Gasteiger partial charge in [0, 0.05) is 0 Å². The number of aliphatic imine (C=N–C) groups is 1. The van der Waals surface area contributed by atoms with E-state index in [2.05, 4.69) is 9.52 Å². The van der Waals surface area contributed by atoms with E-state index in [1.807, 2.05) is 0 Å². The van der Waals surface area contributed by atoms with Crippen LogP contribution in [0.3, 0.4) is 0 Å². The molecule has 0 saturated heterocycles. The Morgan fingerprint density at radius 3 is 1.59 bits per heavy atom. The maximum absolute atomic E-state index is 10.4. The lowest BCUT2D eigenvalue weighted by molar-refractivity contribution is 0.193. The molecule has 22 heavy (non-hydrogen) atoms. The summed E-state index contributed by atoms with van der Waals surface area (Å²) in [6, 6.07) is 0. The van der Waals surface area contributed by atoms with E-state index in [9.17, 15) is 9.36 Å². The minimum Gasteiger partial charge on any atom is -0.303 e. The van der Waals surface area contributed by atoms with E-state index in [-0.39, 0.29) is 6.61 Å². The Morgan fingerprint density at radius 1 is 0.773 bits per heavy atom. The van der Waals surface area contributed by atoms with Gasteiger partial charge < -0.3 is 9.79 Å². The predicted octanol–water partition coefficient (Wildman–Crippen LogP) is 4.11. The van der Waals surface area contributed by atoms with E-state index >= 15 is 0 Å². The Labute approximate surface area is 133 Å². The van der Waals surface area contributed by atoms with Gasteiger partial charge in [0.1, 0.15) is 0 Å². The molecule has 0 aromatic rings. The third-order valence-corrected chi connectivity index (χ3v) is 4.01. The van der Waals surface area contributed by atoms with Gasteiger partial charge in [0.2, 0.25) is 6.08 Å². The SMILES string of the molecule is O=C=NCCCCCCCCCCCCCCOP(=O)(O)O. The number of hydrogen-bond donors (Lipinski definition) is 2. The monoisotopic (exact) mass is 335 g/mol. The minimum absolute atomic E-state index is 0.141. The van der Waals surface area contributed by atoms with E-state index in [4.69, 9.17) is 9.79 Å². The van der Waals surface area contributed by atoms with Crippen LogP contribution in [0.5, 0.6) is 0 Å². The van der Waals surface area contributed by atoms with Crippen molar-refractivity contribution in [1.29, 1.82) is 0 Å². The van der Waals surface area contributed by atoms with Crippen LogP contribution in [0.2, 0.25) is 0 Å². The molecule has 0 heterocycles. The average Bonchev–Trinajstić information content (AvgIpc) is 2.45. The molecule has 0 fully saturated rings. The lowest BCUT2D eigenvalue weighted by atomic mass is 10.1. The van der Waals surface area contributed by atoms with Crippen LogP contribution in [-0.2, 0) is 13.9 Å². The van der Waals surface area contributed by atoms with Gasteiger partial charge in [-0.1, -0.05) is 64.2 Å². The minimum atomic E-state index is -4.28. The molecule has 0 amide bonds. The number of rotatable bonds is 16. The molecule has 6 nitrogen and oxygen atoms in total. The van der Waals surface area contributed by atoms with Crippen molar-refractivity contribution in [3.63, 3.8) is 0 Å². The summed E-state index contributed by atoms with van der Waals surface area (Å²) in [5.41, 5.74) is 0. The van der Waals surface area contributed by atoms with Gasteiger partial charge in [-0.3, -0.25) is 4.52 Å². The van der Waals surface area contributed by atoms with Crippen molar-refractivity contribution in [3.8, 4) is 0 Å². The lowest BCUT2D eigenvalue weighted by Crippen LogP contribution is -1.92. The average molecular weight is 335 g/mol. The highest BCUT2D eigenvalue weighted by atomic mass is 31.2. The van der Waals surface area contributed by atoms with E-state index in [0.29, 0.717) is 13.0 Å². The summed E-state index contributed by atoms with van der Waals surface area (Å²) < 4.78 is 14.8. The quantitative estimate of drug-likeness (QED) is 0.191. The topological polar surface area (TPSA) is 96.2 Å². The number of phosphoric ester groups is 1. The van der Waals surface area contributed by atoms with E-state index in [1.165, 1.54) is 44.9 Å². The van der Waals surface area contributed by atoms with Gasteiger partial charge >= 0.3 is 7.82 Å². The number of isocyanates is 1. The zero-order valence-corrected chi connectivity index (χ0v) is 14.3. The number of nitrogens with zero attached hydrogens (tertiary/aromatic N) is 1. The zero-order chi connectivity index (χ0) is 16.5. The Balaban J connectivity index is 3.05. The molecular weight excluding hydrogens is 305 g/mol. The fourth-order valence-electron chi connectivity index (χ4n) is 2.29. The molecule has 0 radical (unpaired) electrons. The van der Waals surface area contributed by atoms with Crippen LogP contribution in [0.1, 0.15) is 77.0 Å². The summed E-state index contributed by atoms with van der Waals surface area (Å²) in [4.78, 5) is 30.4. The van der Waals surface area contributed by atoms with Crippen LogP contribution >= 0.6 is 7.82 Å². The second-order valence-corrected chi connectivity index (χ2v) is 6.78. The first-order valence-corrected chi connectivity index (χ1v) is 9.83. The first-order valence-electron chi connectivity index (χ1n) is 8.30. The van der Waals surface area contributed by atoms with Crippen LogP contribution in [0, 0.1) is 0 Å². The molecule has 7 heteroatoms. The normalized spacial score (nSPS) is 11.4. The van der Waals surface area contributed by atoms with Crippen LogP contribution in [0.25, 0.3) is 0 Å². The molecule has 0 spiro atoms. The summed E-state index contributed by atoms with van der Waals surface area (Å²) in [7, 11) is -4.28. The van der Waals surface area contributed by atoms with Crippen molar-refractivity contribution in [2.45, 2.75) is 77.0 Å². The van der Waals surface area contributed by atoms with Crippen molar-refractivity contribution < 1.29 is 23.7 Å². The van der Waals surface area contributed by atoms with Crippen molar-refractivity contribution in [1.82, 2.24) is 0 Å². The van der Waals surface area contributed by atoms with Crippen LogP contribution in [0.4, 0.5) is 0 Å². The third kappa shape index (κ3) is 19.5. The molecule has 0 aliphatic heterocycles. The third-order valence-electron chi connectivity index (χ3n) is 3.49. The largest absolute Gasteiger partial charge is 0.469 e. The maximum atomic E-state index is 10.4. The fraction of sp³-hybridized carbons (Fsp3) is 0.933. The molecule has 0 bridgehead atoms. The first kappa shape index (κ1) is 21.5. The highest BCUT2D eigenvalue weighted by Gasteiger charge is 2.12. The second kappa shape index (κ2) is 15.4. The van der Waals surface area contributed by atoms with E-state index in [0.717, 1.165) is 25.7 Å². The van der Waals surface area contributed by atoms with Crippen LogP contribution in [0.15, 0.2) is 4.99 Å². The predicted molar refractivity (Wildman–Crippen MR) is 86.4 cm³/mol. The first-order chi connectivity index (χ1) is 10.6. The Kier molecular flexibility index (Phi) is 15.0. The van der Waals surface area contributed by atoms with Crippen LogP contribution < -0.4 is 0 Å². The highest BCUT2D eigenvalue weighted by molar-refractivity contribution is 7.46. The van der Waals surface area contributed by atoms with Crippen molar-refractivity contribution in [2.24, 2.45) is 4.99 Å². The molecule has 2 N–H and O–H groups in total. The van der Waals surface area contributed by atoms with Gasteiger partial charge in [0.25, 0.3) is 0 Å². The van der Waals surface area contributed by atoms with Gasteiger partial charge in [-0.15, -0.1) is 0 Å². The van der Waals surface area contributed by atoms with Gasteiger partial charge in [0.15, 0.2) is 0 Å². The molecule has 0 aromatic carbocycles. The van der Waals surface area contributed by atoms with Gasteiger partial charge in [-0.05, 0) is 12.8 Å². The van der Waals surface area contributed by atoms with Crippen molar-refractivity contribution in [2.75, 3.05) is 13.2 Å². The summed E-state index contributed by atoms with van der Waals surface area (Å²) >= 11 is 0. The molecular formula is C15H30NO5P. The zero-order valence-electron chi connectivity index (χ0n) is 13.4. The summed E-state index contributed by atoms with van der Waals surface area (Å²) in [5, 5.41) is 0. The molecule has 130 valence electrons.